The fourth-order valence-corrected chi connectivity index (χ4v) is 8.86. The third kappa shape index (κ3) is 8.27. The van der Waals surface area contributed by atoms with E-state index in [1.54, 1.807) is 11.1 Å². The standard InChI is InChI=1S/C46H51N9O6/c1-6-34(52-44(58)60-4)42(56)54-24-27(21-47)17-37(54)40-48-22-35(50-40)29-9-7-28(8-10-29)30-11-12-32-19-33(14-13-31(32)18-30)36-23-49-41(51-36)38-20-46(15-16-46)25-55(38)43(57)39(26(2)3)53-45(59)61-5/h7-14,18-19,22-23,26-27,34,37-39H,6,15-17,20,24-25H2,1-5H3,(H,48,50)(H,49,51)(H,52,58)(H,53,59)/t27-,34+,37+,38+,39+/m1/s1. The van der Waals surface area contributed by atoms with Crippen LogP contribution in [0.4, 0.5) is 9.59 Å². The normalized spacial score (nSPS) is 20.0. The molecule has 2 aromatic heterocycles. The Bertz CT molecular complexity index is 2500. The smallest absolute Gasteiger partial charge is 0.407 e. The number of rotatable bonds is 11. The molecule has 3 fully saturated rings. The van der Waals surface area contributed by atoms with Crippen molar-refractivity contribution in [2.45, 2.75) is 77.0 Å². The largest absolute Gasteiger partial charge is 0.453 e. The van der Waals surface area contributed by atoms with Crippen LogP contribution in [0.3, 0.4) is 0 Å². The number of nitriles is 1. The van der Waals surface area contributed by atoms with Gasteiger partial charge in [-0.1, -0.05) is 69.3 Å². The lowest BCUT2D eigenvalue weighted by atomic mass is 9.98. The van der Waals surface area contributed by atoms with E-state index in [-0.39, 0.29) is 41.7 Å². The van der Waals surface area contributed by atoms with Crippen molar-refractivity contribution in [2.75, 3.05) is 27.3 Å². The molecule has 61 heavy (non-hydrogen) atoms. The second kappa shape index (κ2) is 16.8. The van der Waals surface area contributed by atoms with Crippen molar-refractivity contribution in [1.82, 2.24) is 40.4 Å². The number of carbonyl (C=O) groups is 4. The number of imidazole rings is 2. The number of hydrogen-bond acceptors (Lipinski definition) is 9. The van der Waals surface area contributed by atoms with E-state index in [4.69, 9.17) is 14.5 Å². The maximum absolute atomic E-state index is 13.9. The number of aromatic amines is 2. The molecular formula is C46H51N9O6. The molecule has 0 bridgehead atoms. The van der Waals surface area contributed by atoms with E-state index in [1.165, 1.54) is 14.2 Å². The number of H-pyrrole nitrogens is 2. The highest BCUT2D eigenvalue weighted by Gasteiger charge is 2.55. The Morgan fingerprint density at radius 3 is 1.98 bits per heavy atom. The summed E-state index contributed by atoms with van der Waals surface area (Å²) in [5.41, 5.74) is 5.80. The van der Waals surface area contributed by atoms with Gasteiger partial charge in [0.05, 0.1) is 62.1 Å². The first kappa shape index (κ1) is 41.1. The summed E-state index contributed by atoms with van der Waals surface area (Å²) in [6, 6.07) is 21.1. The number of aromatic nitrogens is 4. The zero-order valence-electron chi connectivity index (χ0n) is 35.0. The molecule has 1 aliphatic carbocycles. The third-order valence-corrected chi connectivity index (χ3v) is 12.6. The van der Waals surface area contributed by atoms with Crippen LogP contribution in [0.25, 0.3) is 44.4 Å². The molecule has 8 rings (SSSR count). The van der Waals surface area contributed by atoms with Gasteiger partial charge in [-0.05, 0) is 83.0 Å². The Morgan fingerprint density at radius 1 is 0.803 bits per heavy atom. The van der Waals surface area contributed by atoms with Gasteiger partial charge in [0.1, 0.15) is 23.7 Å². The molecule has 2 aliphatic heterocycles. The molecule has 2 saturated heterocycles. The van der Waals surface area contributed by atoms with Crippen molar-refractivity contribution in [1.29, 1.82) is 5.26 Å². The van der Waals surface area contributed by atoms with E-state index in [1.807, 2.05) is 44.0 Å². The monoisotopic (exact) mass is 825 g/mol. The van der Waals surface area contributed by atoms with Crippen LogP contribution in [-0.2, 0) is 19.1 Å². The summed E-state index contributed by atoms with van der Waals surface area (Å²) in [5.74, 6) is 0.474. The SMILES string of the molecule is CC[C@H](NC(=O)OC)C(=O)N1C[C@@H](C#N)C[C@H]1c1ncc(-c2ccc(-c3ccc4cc(-c5cnc([C@@H]6CC7(CC7)CN6C(=O)[C@@H](NC(=O)OC)C(C)C)[nH]5)ccc4c3)cc2)[nH]1. The molecule has 316 valence electrons. The van der Waals surface area contributed by atoms with Crippen LogP contribution >= 0.6 is 0 Å². The number of likely N-dealkylation sites (tertiary alicyclic amines) is 2. The van der Waals surface area contributed by atoms with E-state index < -0.39 is 30.3 Å². The predicted octanol–water partition coefficient (Wildman–Crippen LogP) is 7.27. The summed E-state index contributed by atoms with van der Waals surface area (Å²) in [6.07, 6.45) is 6.08. The predicted molar refractivity (Wildman–Crippen MR) is 227 cm³/mol. The Balaban J connectivity index is 0.960. The first-order valence-corrected chi connectivity index (χ1v) is 20.9. The molecule has 4 N–H and O–H groups in total. The lowest BCUT2D eigenvalue weighted by Gasteiger charge is -2.30. The lowest BCUT2D eigenvalue weighted by molar-refractivity contribution is -0.136. The van der Waals surface area contributed by atoms with Crippen LogP contribution in [0, 0.1) is 28.6 Å². The fourth-order valence-electron chi connectivity index (χ4n) is 8.86. The van der Waals surface area contributed by atoms with Gasteiger partial charge in [0.2, 0.25) is 11.8 Å². The highest BCUT2D eigenvalue weighted by atomic mass is 16.5. The average Bonchev–Trinajstić information content (AvgIpc) is 3.78. The summed E-state index contributed by atoms with van der Waals surface area (Å²) in [6.45, 7) is 6.55. The van der Waals surface area contributed by atoms with Gasteiger partial charge >= 0.3 is 12.2 Å². The molecule has 3 aliphatic rings. The van der Waals surface area contributed by atoms with Gasteiger partial charge in [-0.3, -0.25) is 9.59 Å². The van der Waals surface area contributed by atoms with Gasteiger partial charge in [-0.25, -0.2) is 19.6 Å². The first-order chi connectivity index (χ1) is 29.4. The van der Waals surface area contributed by atoms with Crippen molar-refractivity contribution < 1.29 is 28.7 Å². The Morgan fingerprint density at radius 2 is 1.38 bits per heavy atom. The zero-order valence-corrected chi connectivity index (χ0v) is 35.0. The van der Waals surface area contributed by atoms with Gasteiger partial charge in [0.25, 0.3) is 0 Å². The Labute approximate surface area is 354 Å². The molecule has 15 nitrogen and oxygen atoms in total. The summed E-state index contributed by atoms with van der Waals surface area (Å²) in [4.78, 5) is 71.3. The number of amides is 4. The van der Waals surface area contributed by atoms with Gasteiger partial charge < -0.3 is 39.9 Å². The van der Waals surface area contributed by atoms with Crippen molar-refractivity contribution in [3.8, 4) is 39.7 Å². The summed E-state index contributed by atoms with van der Waals surface area (Å²) >= 11 is 0. The van der Waals surface area contributed by atoms with E-state index in [2.05, 4.69) is 80.2 Å². The van der Waals surface area contributed by atoms with Crippen LogP contribution in [0.5, 0.6) is 0 Å². The van der Waals surface area contributed by atoms with Crippen LogP contribution in [0.2, 0.25) is 0 Å². The van der Waals surface area contributed by atoms with Crippen LogP contribution < -0.4 is 10.6 Å². The molecular weight excluding hydrogens is 775 g/mol. The highest BCUT2D eigenvalue weighted by Crippen LogP contribution is 2.58. The third-order valence-electron chi connectivity index (χ3n) is 12.6. The molecule has 5 aromatic rings. The van der Waals surface area contributed by atoms with Gasteiger partial charge in [0, 0.05) is 18.7 Å². The molecule has 1 saturated carbocycles. The van der Waals surface area contributed by atoms with Crippen molar-refractivity contribution >= 4 is 34.8 Å². The molecule has 0 radical (unpaired) electrons. The van der Waals surface area contributed by atoms with Crippen molar-refractivity contribution in [3.63, 3.8) is 0 Å². The number of nitrogens with one attached hydrogen (secondary N) is 4. The summed E-state index contributed by atoms with van der Waals surface area (Å²) in [7, 11) is 2.55. The number of carbonyl (C=O) groups excluding carboxylic acids is 4. The number of benzene rings is 3. The summed E-state index contributed by atoms with van der Waals surface area (Å²) < 4.78 is 9.52. The van der Waals surface area contributed by atoms with Crippen molar-refractivity contribution in [3.05, 3.63) is 84.7 Å². The van der Waals surface area contributed by atoms with E-state index in [0.29, 0.717) is 25.2 Å². The number of methoxy groups -OCH3 is 2. The van der Waals surface area contributed by atoms with Crippen molar-refractivity contribution in [2.24, 2.45) is 17.3 Å². The molecule has 4 heterocycles. The number of fused-ring (bicyclic) bond motifs is 1. The van der Waals surface area contributed by atoms with Gasteiger partial charge in [-0.2, -0.15) is 5.26 Å². The quantitative estimate of drug-likeness (QED) is 0.106. The number of hydrogen-bond donors (Lipinski definition) is 4. The van der Waals surface area contributed by atoms with Crippen LogP contribution in [0.15, 0.2) is 73.1 Å². The minimum Gasteiger partial charge on any atom is -0.453 e. The number of nitrogens with zero attached hydrogens (tertiary/aromatic N) is 5. The second-order valence-corrected chi connectivity index (χ2v) is 16.9. The van der Waals surface area contributed by atoms with Crippen LogP contribution in [-0.4, -0.2) is 93.1 Å². The molecule has 5 atom stereocenters. The highest BCUT2D eigenvalue weighted by molar-refractivity contribution is 5.91. The molecule has 3 aromatic carbocycles. The van der Waals surface area contributed by atoms with Crippen LogP contribution in [0.1, 0.15) is 76.6 Å². The molecule has 4 amide bonds. The lowest BCUT2D eigenvalue weighted by Crippen LogP contribution is -2.51. The van der Waals surface area contributed by atoms with E-state index in [9.17, 15) is 24.4 Å². The number of alkyl carbamates (subject to hydrolysis) is 2. The fraction of sp³-hybridized carbons (Fsp3) is 0.413. The topological polar surface area (TPSA) is 198 Å². The molecule has 15 heteroatoms. The average molecular weight is 826 g/mol. The maximum Gasteiger partial charge on any atom is 0.407 e. The second-order valence-electron chi connectivity index (χ2n) is 16.9. The maximum atomic E-state index is 13.9. The minimum atomic E-state index is -0.775. The minimum absolute atomic E-state index is 0.111. The number of ether oxygens (including phenoxy) is 2. The van der Waals surface area contributed by atoms with Gasteiger partial charge in [-0.15, -0.1) is 0 Å². The molecule has 0 unspecified atom stereocenters. The van der Waals surface area contributed by atoms with E-state index in [0.717, 1.165) is 69.5 Å². The Kier molecular flexibility index (Phi) is 11.3. The molecule has 1 spiro atoms. The van der Waals surface area contributed by atoms with Gasteiger partial charge in [0.15, 0.2) is 0 Å². The first-order valence-electron chi connectivity index (χ1n) is 20.9. The zero-order chi connectivity index (χ0) is 43.0. The Hall–Kier alpha value is -6.69. The van der Waals surface area contributed by atoms with E-state index >= 15 is 0 Å². The summed E-state index contributed by atoms with van der Waals surface area (Å²) in [5, 5.41) is 17.2.